The van der Waals surface area contributed by atoms with E-state index in [9.17, 15) is 0 Å². The van der Waals surface area contributed by atoms with E-state index in [1.165, 1.54) is 6.26 Å². The molecule has 2 aromatic heterocycles. The predicted octanol–water partition coefficient (Wildman–Crippen LogP) is 0.551. The molecule has 8 heavy (non-hydrogen) atoms. The Hall–Kier alpha value is -1.32. The van der Waals surface area contributed by atoms with E-state index in [2.05, 4.69) is 19.9 Å². The zero-order valence-electron chi connectivity index (χ0n) is 3.96. The van der Waals surface area contributed by atoms with Gasteiger partial charge in [-0.2, -0.15) is 5.10 Å². The van der Waals surface area contributed by atoms with Crippen LogP contribution in [0.4, 0.5) is 0 Å². The maximum absolute atomic E-state index is 4.58. The van der Waals surface area contributed by atoms with Crippen LogP contribution in [0.25, 0.3) is 11.0 Å². The molecule has 2 aromatic rings. The molecule has 40 valence electrons. The van der Waals surface area contributed by atoms with Crippen molar-refractivity contribution in [2.75, 3.05) is 0 Å². The van der Waals surface area contributed by atoms with Gasteiger partial charge < -0.3 is 4.52 Å². The molecule has 0 aliphatic heterocycles. The molecular weight excluding hydrogens is 106 g/mol. The van der Waals surface area contributed by atoms with E-state index >= 15 is 0 Å². The second-order valence-electron chi connectivity index (χ2n) is 1.48. The van der Waals surface area contributed by atoms with Gasteiger partial charge >= 0.3 is 0 Å². The molecule has 0 radical (unpaired) electrons. The van der Waals surface area contributed by atoms with Crippen LogP contribution in [0.5, 0.6) is 0 Å². The van der Waals surface area contributed by atoms with E-state index in [1.807, 2.05) is 0 Å². The number of H-pyrrole nitrogens is 1. The molecule has 0 atom stereocenters. The third-order valence-corrected chi connectivity index (χ3v) is 0.969. The highest BCUT2D eigenvalue weighted by molar-refractivity contribution is 5.70. The van der Waals surface area contributed by atoms with Gasteiger partial charge in [0.25, 0.3) is 0 Å². The van der Waals surface area contributed by atoms with Crippen molar-refractivity contribution in [1.82, 2.24) is 15.4 Å². The molecule has 0 aliphatic rings. The third-order valence-electron chi connectivity index (χ3n) is 0.969. The summed E-state index contributed by atoms with van der Waals surface area (Å²) in [6.45, 7) is 0. The van der Waals surface area contributed by atoms with Crippen LogP contribution in [0.1, 0.15) is 0 Å². The molecule has 2 heterocycles. The first-order valence-corrected chi connectivity index (χ1v) is 2.20. The lowest BCUT2D eigenvalue weighted by molar-refractivity contribution is 0.427. The Morgan fingerprint density at radius 2 is 2.62 bits per heavy atom. The van der Waals surface area contributed by atoms with Crippen LogP contribution in [0.2, 0.25) is 0 Å². The van der Waals surface area contributed by atoms with E-state index < -0.39 is 0 Å². The lowest BCUT2D eigenvalue weighted by Gasteiger charge is -1.60. The zero-order valence-corrected chi connectivity index (χ0v) is 3.96. The van der Waals surface area contributed by atoms with Crippen LogP contribution in [0.3, 0.4) is 0 Å². The first kappa shape index (κ1) is 3.65. The highest BCUT2D eigenvalue weighted by atomic mass is 16.5. The highest BCUT2D eigenvalue weighted by Crippen LogP contribution is 2.04. The molecule has 0 saturated carbocycles. The van der Waals surface area contributed by atoms with E-state index in [-0.39, 0.29) is 0 Å². The van der Waals surface area contributed by atoms with Crippen molar-refractivity contribution in [3.8, 4) is 0 Å². The minimum Gasteiger partial charge on any atom is -0.362 e. The predicted molar refractivity (Wildman–Crippen MR) is 26.2 cm³/mol. The SMILES string of the molecule is c1n[nH]c2conc12. The van der Waals surface area contributed by atoms with Crippen molar-refractivity contribution >= 4 is 11.0 Å². The van der Waals surface area contributed by atoms with E-state index in [1.54, 1.807) is 6.20 Å². The summed E-state index contributed by atoms with van der Waals surface area (Å²) < 4.78 is 4.58. The molecule has 1 N–H and O–H groups in total. The summed E-state index contributed by atoms with van der Waals surface area (Å²) in [4.78, 5) is 0. The van der Waals surface area contributed by atoms with Crippen molar-refractivity contribution in [2.24, 2.45) is 0 Å². The summed E-state index contributed by atoms with van der Waals surface area (Å²) in [5.41, 5.74) is 1.61. The fraction of sp³-hybridized carbons (Fsp3) is 0. The van der Waals surface area contributed by atoms with Gasteiger partial charge in [0.05, 0.1) is 6.20 Å². The lowest BCUT2D eigenvalue weighted by Crippen LogP contribution is -1.59. The van der Waals surface area contributed by atoms with Crippen LogP contribution in [-0.4, -0.2) is 15.4 Å². The minimum absolute atomic E-state index is 0.769. The lowest BCUT2D eigenvalue weighted by atomic mass is 10.5. The van der Waals surface area contributed by atoms with Gasteiger partial charge in [-0.05, 0) is 0 Å². The van der Waals surface area contributed by atoms with Gasteiger partial charge in [-0.15, -0.1) is 0 Å². The Balaban J connectivity index is 3.06. The van der Waals surface area contributed by atoms with Crippen LogP contribution in [0.15, 0.2) is 17.0 Å². The third kappa shape index (κ3) is 0.294. The quantitative estimate of drug-likeness (QED) is 0.537. The fourth-order valence-corrected chi connectivity index (χ4v) is 0.585. The van der Waals surface area contributed by atoms with Gasteiger partial charge in [-0.3, -0.25) is 5.10 Å². The Morgan fingerprint density at radius 1 is 1.62 bits per heavy atom. The molecule has 4 nitrogen and oxygen atoms in total. The fourth-order valence-electron chi connectivity index (χ4n) is 0.585. The Labute approximate surface area is 44.5 Å². The normalized spacial score (nSPS) is 10.5. The zero-order chi connectivity index (χ0) is 5.40. The van der Waals surface area contributed by atoms with Crippen LogP contribution >= 0.6 is 0 Å². The summed E-state index contributed by atoms with van der Waals surface area (Å²) >= 11 is 0. The molecule has 2 rings (SSSR count). The van der Waals surface area contributed by atoms with Gasteiger partial charge in [0, 0.05) is 0 Å². The number of rotatable bonds is 0. The molecule has 0 bridgehead atoms. The number of aromatic nitrogens is 3. The van der Waals surface area contributed by atoms with Crippen molar-refractivity contribution < 1.29 is 4.52 Å². The molecule has 0 unspecified atom stereocenters. The average molecular weight is 109 g/mol. The van der Waals surface area contributed by atoms with Crippen LogP contribution in [-0.2, 0) is 0 Å². The molecular formula is C4H3N3O. The van der Waals surface area contributed by atoms with Gasteiger partial charge in [0.15, 0.2) is 5.52 Å². The molecule has 0 amide bonds. The second kappa shape index (κ2) is 1.09. The van der Waals surface area contributed by atoms with Crippen LogP contribution < -0.4 is 0 Å². The highest BCUT2D eigenvalue weighted by Gasteiger charge is 1.94. The maximum Gasteiger partial charge on any atom is 0.151 e. The van der Waals surface area contributed by atoms with E-state index in [0.29, 0.717) is 0 Å². The minimum atomic E-state index is 0.769. The monoisotopic (exact) mass is 109 g/mol. The Kier molecular flexibility index (Phi) is 0.498. The topological polar surface area (TPSA) is 54.7 Å². The number of hydrogen-bond acceptors (Lipinski definition) is 3. The summed E-state index contributed by atoms with van der Waals surface area (Å²) in [6.07, 6.45) is 3.13. The molecule has 0 spiro atoms. The molecule has 0 aromatic carbocycles. The summed E-state index contributed by atoms with van der Waals surface area (Å²) in [5, 5.41) is 10.0. The molecule has 0 fully saturated rings. The smallest absolute Gasteiger partial charge is 0.151 e. The standard InChI is InChI=1S/C4H3N3O/c1-3-4(6-5-1)2-8-7-3/h1-2,6H. The largest absolute Gasteiger partial charge is 0.362 e. The van der Waals surface area contributed by atoms with Crippen molar-refractivity contribution in [3.63, 3.8) is 0 Å². The maximum atomic E-state index is 4.58. The Morgan fingerprint density at radius 3 is 3.50 bits per heavy atom. The van der Waals surface area contributed by atoms with Gasteiger partial charge in [-0.1, -0.05) is 5.16 Å². The first-order chi connectivity index (χ1) is 3.97. The molecule has 0 aliphatic carbocycles. The molecule has 0 saturated heterocycles. The number of nitrogens with one attached hydrogen (secondary N) is 1. The summed E-state index contributed by atoms with van der Waals surface area (Å²) in [6, 6.07) is 0. The summed E-state index contributed by atoms with van der Waals surface area (Å²) in [5.74, 6) is 0. The number of aromatic amines is 1. The van der Waals surface area contributed by atoms with Crippen molar-refractivity contribution in [2.45, 2.75) is 0 Å². The number of hydrogen-bond donors (Lipinski definition) is 1. The van der Waals surface area contributed by atoms with E-state index in [4.69, 9.17) is 0 Å². The summed E-state index contributed by atoms with van der Waals surface area (Å²) in [7, 11) is 0. The van der Waals surface area contributed by atoms with Crippen molar-refractivity contribution in [1.29, 1.82) is 0 Å². The van der Waals surface area contributed by atoms with Gasteiger partial charge in [-0.25, -0.2) is 0 Å². The second-order valence-corrected chi connectivity index (χ2v) is 1.48. The number of nitrogens with zero attached hydrogens (tertiary/aromatic N) is 2. The number of fused-ring (bicyclic) bond motifs is 1. The molecule has 4 heteroatoms. The average Bonchev–Trinajstić information content (AvgIpc) is 2.15. The van der Waals surface area contributed by atoms with Crippen LogP contribution in [0, 0.1) is 0 Å². The van der Waals surface area contributed by atoms with Gasteiger partial charge in [0.1, 0.15) is 11.8 Å². The van der Waals surface area contributed by atoms with Gasteiger partial charge in [0.2, 0.25) is 0 Å². The van der Waals surface area contributed by atoms with Crippen molar-refractivity contribution in [3.05, 3.63) is 12.5 Å². The Bertz CT molecular complexity index is 233. The first-order valence-electron chi connectivity index (χ1n) is 2.20. The van der Waals surface area contributed by atoms with E-state index in [0.717, 1.165) is 11.0 Å².